The van der Waals surface area contributed by atoms with Crippen LogP contribution in [0.15, 0.2) is 0 Å². The first kappa shape index (κ1) is 14.1. The van der Waals surface area contributed by atoms with E-state index in [0.29, 0.717) is 13.0 Å². The summed E-state index contributed by atoms with van der Waals surface area (Å²) >= 11 is 0. The highest BCUT2D eigenvalue weighted by molar-refractivity contribution is 6.02. The Hall–Kier alpha value is -0.860. The standard InChI is InChI=1S/C17H26O3/c1-3-14(16(19)20-4-2)15(18)17-8-11-5-12(9-17)7-13(6-11)10-17/h11-14H,3-10H2,1-2H3. The van der Waals surface area contributed by atoms with Gasteiger partial charge in [-0.1, -0.05) is 6.92 Å². The monoisotopic (exact) mass is 278 g/mol. The summed E-state index contributed by atoms with van der Waals surface area (Å²) in [5, 5.41) is 0. The first-order valence-electron chi connectivity index (χ1n) is 8.29. The maximum atomic E-state index is 13.0. The fraction of sp³-hybridized carbons (Fsp3) is 0.882. The third-order valence-corrected chi connectivity index (χ3v) is 5.86. The van der Waals surface area contributed by atoms with Crippen LogP contribution in [0, 0.1) is 29.1 Å². The van der Waals surface area contributed by atoms with Crippen molar-refractivity contribution in [2.75, 3.05) is 6.61 Å². The van der Waals surface area contributed by atoms with Gasteiger partial charge in [-0.25, -0.2) is 0 Å². The van der Waals surface area contributed by atoms with Crippen molar-refractivity contribution in [3.63, 3.8) is 0 Å². The predicted molar refractivity (Wildman–Crippen MR) is 76.0 cm³/mol. The van der Waals surface area contributed by atoms with Crippen LogP contribution < -0.4 is 0 Å². The molecule has 4 rings (SSSR count). The van der Waals surface area contributed by atoms with Crippen LogP contribution in [0.25, 0.3) is 0 Å². The lowest BCUT2D eigenvalue weighted by molar-refractivity contribution is -0.161. The molecule has 4 bridgehead atoms. The third kappa shape index (κ3) is 2.19. The fourth-order valence-corrected chi connectivity index (χ4v) is 5.48. The van der Waals surface area contributed by atoms with Crippen molar-refractivity contribution in [2.45, 2.75) is 58.8 Å². The largest absolute Gasteiger partial charge is 0.465 e. The van der Waals surface area contributed by atoms with Crippen LogP contribution >= 0.6 is 0 Å². The van der Waals surface area contributed by atoms with Gasteiger partial charge in [-0.3, -0.25) is 9.59 Å². The molecular weight excluding hydrogens is 252 g/mol. The lowest BCUT2D eigenvalue weighted by Gasteiger charge is -2.56. The second-order valence-electron chi connectivity index (χ2n) is 7.28. The topological polar surface area (TPSA) is 43.4 Å². The molecule has 0 saturated heterocycles. The molecule has 0 aromatic carbocycles. The van der Waals surface area contributed by atoms with Gasteiger partial charge in [0.1, 0.15) is 5.92 Å². The van der Waals surface area contributed by atoms with E-state index in [4.69, 9.17) is 4.74 Å². The molecule has 0 aliphatic heterocycles. The van der Waals surface area contributed by atoms with Crippen LogP contribution in [-0.4, -0.2) is 18.4 Å². The maximum absolute atomic E-state index is 13.0. The van der Waals surface area contributed by atoms with Gasteiger partial charge in [-0.2, -0.15) is 0 Å². The zero-order chi connectivity index (χ0) is 14.3. The summed E-state index contributed by atoms with van der Waals surface area (Å²) in [5.41, 5.74) is -0.178. The van der Waals surface area contributed by atoms with Crippen molar-refractivity contribution in [2.24, 2.45) is 29.1 Å². The van der Waals surface area contributed by atoms with Crippen LogP contribution in [-0.2, 0) is 14.3 Å². The highest BCUT2D eigenvalue weighted by Gasteiger charge is 2.56. The van der Waals surface area contributed by atoms with Crippen molar-refractivity contribution >= 4 is 11.8 Å². The Kier molecular flexibility index (Phi) is 3.64. The number of carbonyl (C=O) groups is 2. The summed E-state index contributed by atoms with van der Waals surface area (Å²) in [6.07, 6.45) is 7.66. The molecule has 0 amide bonds. The molecule has 0 radical (unpaired) electrons. The van der Waals surface area contributed by atoms with E-state index in [1.807, 2.05) is 6.92 Å². The van der Waals surface area contributed by atoms with E-state index in [-0.39, 0.29) is 17.2 Å². The number of hydrogen-bond donors (Lipinski definition) is 0. The Bertz CT molecular complexity index is 377. The van der Waals surface area contributed by atoms with Gasteiger partial charge >= 0.3 is 5.97 Å². The minimum absolute atomic E-state index is 0.178. The summed E-state index contributed by atoms with van der Waals surface area (Å²) in [6, 6.07) is 0. The molecule has 0 N–H and O–H groups in total. The Morgan fingerprint density at radius 3 is 1.95 bits per heavy atom. The van der Waals surface area contributed by atoms with E-state index in [0.717, 1.165) is 37.0 Å². The van der Waals surface area contributed by atoms with Crippen LogP contribution in [0.4, 0.5) is 0 Å². The molecule has 112 valence electrons. The summed E-state index contributed by atoms with van der Waals surface area (Å²) in [4.78, 5) is 25.1. The summed E-state index contributed by atoms with van der Waals surface area (Å²) in [5.74, 6) is 1.61. The van der Waals surface area contributed by atoms with Crippen molar-refractivity contribution in [1.82, 2.24) is 0 Å². The number of esters is 1. The molecule has 1 unspecified atom stereocenters. The van der Waals surface area contributed by atoms with Crippen molar-refractivity contribution < 1.29 is 14.3 Å². The van der Waals surface area contributed by atoms with E-state index in [2.05, 4.69) is 0 Å². The Labute approximate surface area is 121 Å². The van der Waals surface area contributed by atoms with E-state index >= 15 is 0 Å². The predicted octanol–water partition coefficient (Wildman–Crippen LogP) is 3.36. The average Bonchev–Trinajstić information content (AvgIpc) is 2.38. The van der Waals surface area contributed by atoms with E-state index in [1.165, 1.54) is 19.3 Å². The molecule has 20 heavy (non-hydrogen) atoms. The molecule has 4 saturated carbocycles. The number of carbonyl (C=O) groups excluding carboxylic acids is 2. The normalized spacial score (nSPS) is 39.6. The van der Waals surface area contributed by atoms with Gasteiger partial charge in [0.2, 0.25) is 0 Å². The molecule has 0 aromatic heterocycles. The van der Waals surface area contributed by atoms with E-state index in [9.17, 15) is 9.59 Å². The zero-order valence-electron chi connectivity index (χ0n) is 12.7. The molecule has 3 nitrogen and oxygen atoms in total. The second kappa shape index (κ2) is 5.16. The molecule has 1 atom stereocenters. The van der Waals surface area contributed by atoms with Gasteiger partial charge in [0.25, 0.3) is 0 Å². The Morgan fingerprint density at radius 1 is 1.05 bits per heavy atom. The van der Waals surface area contributed by atoms with Crippen molar-refractivity contribution in [1.29, 1.82) is 0 Å². The van der Waals surface area contributed by atoms with Crippen molar-refractivity contribution in [3.05, 3.63) is 0 Å². The van der Waals surface area contributed by atoms with Crippen LogP contribution in [0.2, 0.25) is 0 Å². The highest BCUT2D eigenvalue weighted by Crippen LogP contribution is 2.61. The SMILES string of the molecule is CCOC(=O)C(CC)C(=O)C12CC3CC(CC(C3)C1)C2. The van der Waals surface area contributed by atoms with Crippen LogP contribution in [0.3, 0.4) is 0 Å². The van der Waals surface area contributed by atoms with Crippen LogP contribution in [0.5, 0.6) is 0 Å². The molecule has 0 aromatic rings. The lowest BCUT2D eigenvalue weighted by atomic mass is 9.47. The average molecular weight is 278 g/mol. The number of ketones is 1. The van der Waals surface area contributed by atoms with Gasteiger partial charge in [-0.05, 0) is 69.6 Å². The molecule has 4 fully saturated rings. The maximum Gasteiger partial charge on any atom is 0.316 e. The quantitative estimate of drug-likeness (QED) is 0.572. The summed E-state index contributed by atoms with van der Waals surface area (Å²) in [7, 11) is 0. The number of Topliss-reactive ketones (excluding diaryl/α,β-unsaturated/α-hetero) is 1. The van der Waals surface area contributed by atoms with Gasteiger partial charge in [0.15, 0.2) is 5.78 Å². The molecule has 0 spiro atoms. The lowest BCUT2D eigenvalue weighted by Crippen LogP contribution is -2.52. The van der Waals surface area contributed by atoms with Crippen LogP contribution in [0.1, 0.15) is 58.8 Å². The first-order valence-corrected chi connectivity index (χ1v) is 8.29. The molecule has 3 heteroatoms. The van der Waals surface area contributed by atoms with Gasteiger partial charge < -0.3 is 4.74 Å². The van der Waals surface area contributed by atoms with Gasteiger partial charge in [0, 0.05) is 5.41 Å². The fourth-order valence-electron chi connectivity index (χ4n) is 5.48. The van der Waals surface area contributed by atoms with E-state index in [1.54, 1.807) is 6.92 Å². The molecule has 4 aliphatic carbocycles. The smallest absolute Gasteiger partial charge is 0.316 e. The highest BCUT2D eigenvalue weighted by atomic mass is 16.5. The number of hydrogen-bond acceptors (Lipinski definition) is 3. The second-order valence-corrected chi connectivity index (χ2v) is 7.28. The molecular formula is C17H26O3. The minimum atomic E-state index is -0.522. The summed E-state index contributed by atoms with van der Waals surface area (Å²) < 4.78 is 5.12. The summed E-state index contributed by atoms with van der Waals surface area (Å²) in [6.45, 7) is 4.10. The Morgan fingerprint density at radius 2 is 1.55 bits per heavy atom. The van der Waals surface area contributed by atoms with Gasteiger partial charge in [-0.15, -0.1) is 0 Å². The van der Waals surface area contributed by atoms with Gasteiger partial charge in [0.05, 0.1) is 6.61 Å². The number of rotatable bonds is 5. The number of ether oxygens (including phenoxy) is 1. The third-order valence-electron chi connectivity index (χ3n) is 5.86. The first-order chi connectivity index (χ1) is 9.58. The molecule has 0 heterocycles. The molecule has 4 aliphatic rings. The van der Waals surface area contributed by atoms with E-state index < -0.39 is 5.92 Å². The minimum Gasteiger partial charge on any atom is -0.465 e. The Balaban J connectivity index is 1.80. The van der Waals surface area contributed by atoms with Crippen molar-refractivity contribution in [3.8, 4) is 0 Å². The zero-order valence-corrected chi connectivity index (χ0v) is 12.7.